The Labute approximate surface area is 172 Å². The van der Waals surface area contributed by atoms with Crippen LogP contribution in [-0.2, 0) is 22.3 Å². The number of fused-ring (bicyclic) bond motifs is 1. The van der Waals surface area contributed by atoms with Gasteiger partial charge in [-0.2, -0.15) is 0 Å². The van der Waals surface area contributed by atoms with Crippen LogP contribution in [0.3, 0.4) is 0 Å². The number of hydrogen-bond acceptors (Lipinski definition) is 4. The molecule has 2 aromatic heterocycles. The van der Waals surface area contributed by atoms with Gasteiger partial charge in [0, 0.05) is 28.9 Å². The predicted molar refractivity (Wildman–Crippen MR) is 114 cm³/mol. The summed E-state index contributed by atoms with van der Waals surface area (Å²) in [6.45, 7) is 4.10. The number of hydrogen-bond donors (Lipinski definition) is 1. The first-order chi connectivity index (χ1) is 13.8. The van der Waals surface area contributed by atoms with Crippen LogP contribution in [0.1, 0.15) is 21.7 Å². The van der Waals surface area contributed by atoms with Crippen LogP contribution >= 0.6 is 11.3 Å². The lowest BCUT2D eigenvalue weighted by atomic mass is 10.2. The Bertz CT molecular complexity index is 1280. The molecule has 2 heterocycles. The monoisotopic (exact) mass is 429 g/mol. The molecule has 5 nitrogen and oxygen atoms in total. The van der Waals surface area contributed by atoms with Crippen LogP contribution in [-0.4, -0.2) is 17.8 Å². The molecule has 4 rings (SSSR count). The van der Waals surface area contributed by atoms with Gasteiger partial charge in [0.15, 0.2) is 4.96 Å². The molecule has 0 aliphatic heterocycles. The Balaban J connectivity index is 1.50. The van der Waals surface area contributed by atoms with Crippen molar-refractivity contribution in [1.29, 1.82) is 0 Å². The maximum Gasteiger partial charge on any atom is 0.216 e. The number of aromatic nitrogens is 2. The van der Waals surface area contributed by atoms with Crippen molar-refractivity contribution in [3.63, 3.8) is 0 Å². The third-order valence-corrected chi connectivity index (χ3v) is 7.14. The molecule has 0 saturated carbocycles. The van der Waals surface area contributed by atoms with Gasteiger partial charge in [-0.3, -0.25) is 4.40 Å². The van der Waals surface area contributed by atoms with Crippen LogP contribution in [0.15, 0.2) is 54.7 Å². The molecule has 0 atom stereocenters. The van der Waals surface area contributed by atoms with Gasteiger partial charge < -0.3 is 0 Å². The summed E-state index contributed by atoms with van der Waals surface area (Å²) in [5.74, 6) is -0.337. The zero-order valence-electron chi connectivity index (χ0n) is 16.0. The van der Waals surface area contributed by atoms with Crippen LogP contribution < -0.4 is 4.72 Å². The zero-order chi connectivity index (χ0) is 20.6. The van der Waals surface area contributed by atoms with E-state index in [0.717, 1.165) is 37.9 Å². The summed E-state index contributed by atoms with van der Waals surface area (Å²) in [6, 6.07) is 13.7. The average Bonchev–Trinajstić information content (AvgIpc) is 3.20. The Kier molecular flexibility index (Phi) is 5.24. The molecule has 0 bridgehead atoms. The lowest BCUT2D eigenvalue weighted by Gasteiger charge is -2.07. The maximum absolute atomic E-state index is 13.1. The van der Waals surface area contributed by atoms with E-state index in [1.54, 1.807) is 12.1 Å². The Morgan fingerprint density at radius 1 is 1.14 bits per heavy atom. The van der Waals surface area contributed by atoms with Crippen LogP contribution in [0.2, 0.25) is 0 Å². The summed E-state index contributed by atoms with van der Waals surface area (Å²) in [4.78, 5) is 6.28. The second-order valence-electron chi connectivity index (χ2n) is 6.97. The standard InChI is InChI=1S/C21H20FN3O2S2/c1-14-4-3-5-16(10-14)13-29(26,27)23-11-20-15(2)25-12-19(24-21(25)28-20)17-6-8-18(22)9-7-17/h3-10,12,23H,11,13H2,1-2H3. The van der Waals surface area contributed by atoms with Crippen LogP contribution in [0.4, 0.5) is 4.39 Å². The van der Waals surface area contributed by atoms with Crippen LogP contribution in [0.25, 0.3) is 16.2 Å². The van der Waals surface area contributed by atoms with Crippen molar-refractivity contribution in [1.82, 2.24) is 14.1 Å². The summed E-state index contributed by atoms with van der Waals surface area (Å²) < 4.78 is 42.7. The molecule has 0 amide bonds. The minimum Gasteiger partial charge on any atom is -0.294 e. The first-order valence-electron chi connectivity index (χ1n) is 9.07. The molecule has 1 N–H and O–H groups in total. The van der Waals surface area contributed by atoms with Gasteiger partial charge in [-0.1, -0.05) is 41.2 Å². The highest BCUT2D eigenvalue weighted by molar-refractivity contribution is 7.88. The van der Waals surface area contributed by atoms with E-state index in [2.05, 4.69) is 9.71 Å². The van der Waals surface area contributed by atoms with E-state index in [1.165, 1.54) is 23.5 Å². The van der Waals surface area contributed by atoms with E-state index >= 15 is 0 Å². The molecular weight excluding hydrogens is 409 g/mol. The van der Waals surface area contributed by atoms with E-state index < -0.39 is 10.0 Å². The van der Waals surface area contributed by atoms with Gasteiger partial charge in [0.2, 0.25) is 10.0 Å². The molecule has 4 aromatic rings. The normalized spacial score (nSPS) is 12.0. The fraction of sp³-hybridized carbons (Fsp3) is 0.190. The van der Waals surface area contributed by atoms with Crippen LogP contribution in [0.5, 0.6) is 0 Å². The molecule has 0 spiro atoms. The number of aryl methyl sites for hydroxylation is 2. The molecule has 150 valence electrons. The Morgan fingerprint density at radius 3 is 2.59 bits per heavy atom. The SMILES string of the molecule is Cc1cccc(CS(=O)(=O)NCc2sc3nc(-c4ccc(F)cc4)cn3c2C)c1. The van der Waals surface area contributed by atoms with E-state index in [4.69, 9.17) is 0 Å². The second kappa shape index (κ2) is 7.70. The first-order valence-corrected chi connectivity index (χ1v) is 11.5. The second-order valence-corrected chi connectivity index (χ2v) is 9.83. The summed E-state index contributed by atoms with van der Waals surface area (Å²) in [5.41, 5.74) is 4.32. The molecule has 8 heteroatoms. The highest BCUT2D eigenvalue weighted by atomic mass is 32.2. The number of nitrogens with zero attached hydrogens (tertiary/aromatic N) is 2. The molecule has 0 unspecified atom stereocenters. The van der Waals surface area contributed by atoms with Crippen molar-refractivity contribution in [2.75, 3.05) is 0 Å². The summed E-state index contributed by atoms with van der Waals surface area (Å²) >= 11 is 1.44. The zero-order valence-corrected chi connectivity index (χ0v) is 17.6. The highest BCUT2D eigenvalue weighted by Crippen LogP contribution is 2.27. The quantitative estimate of drug-likeness (QED) is 0.493. The van der Waals surface area contributed by atoms with Gasteiger partial charge in [-0.05, 0) is 43.7 Å². The topological polar surface area (TPSA) is 63.5 Å². The summed E-state index contributed by atoms with van der Waals surface area (Å²) in [6.07, 6.45) is 1.89. The van der Waals surface area contributed by atoms with Crippen molar-refractivity contribution in [2.24, 2.45) is 0 Å². The Hall–Kier alpha value is -2.55. The number of rotatable bonds is 6. The number of nitrogens with one attached hydrogen (secondary N) is 1. The number of sulfonamides is 1. The molecule has 0 fully saturated rings. The van der Waals surface area contributed by atoms with Gasteiger partial charge in [0.25, 0.3) is 0 Å². The van der Waals surface area contributed by atoms with Gasteiger partial charge >= 0.3 is 0 Å². The van der Waals surface area contributed by atoms with Crippen molar-refractivity contribution in [2.45, 2.75) is 26.1 Å². The maximum atomic E-state index is 13.1. The molecule has 0 aliphatic carbocycles. The van der Waals surface area contributed by atoms with Crippen molar-refractivity contribution in [3.05, 3.63) is 82.2 Å². The van der Waals surface area contributed by atoms with E-state index in [-0.39, 0.29) is 18.1 Å². The van der Waals surface area contributed by atoms with Crippen LogP contribution in [0, 0.1) is 19.7 Å². The highest BCUT2D eigenvalue weighted by Gasteiger charge is 2.16. The molecule has 0 radical (unpaired) electrons. The largest absolute Gasteiger partial charge is 0.294 e. The number of benzene rings is 2. The Morgan fingerprint density at radius 2 is 1.90 bits per heavy atom. The minimum atomic E-state index is -3.45. The van der Waals surface area contributed by atoms with Gasteiger partial charge in [-0.25, -0.2) is 22.5 Å². The fourth-order valence-electron chi connectivity index (χ4n) is 3.17. The minimum absolute atomic E-state index is 0.0506. The number of imidazole rings is 1. The molecule has 0 aliphatic rings. The summed E-state index contributed by atoms with van der Waals surface area (Å²) in [5, 5.41) is 0. The fourth-order valence-corrected chi connectivity index (χ4v) is 5.38. The molecular formula is C21H20FN3O2S2. The van der Waals surface area contributed by atoms with Crippen molar-refractivity contribution < 1.29 is 12.8 Å². The van der Waals surface area contributed by atoms with Crippen molar-refractivity contribution >= 4 is 26.3 Å². The van der Waals surface area contributed by atoms with Gasteiger partial charge in [-0.15, -0.1) is 0 Å². The molecule has 2 aromatic carbocycles. The third kappa shape index (κ3) is 4.39. The molecule has 29 heavy (non-hydrogen) atoms. The van der Waals surface area contributed by atoms with Gasteiger partial charge in [0.1, 0.15) is 5.82 Å². The summed E-state index contributed by atoms with van der Waals surface area (Å²) in [7, 11) is -3.45. The van der Waals surface area contributed by atoms with E-state index in [9.17, 15) is 12.8 Å². The smallest absolute Gasteiger partial charge is 0.216 e. The van der Waals surface area contributed by atoms with E-state index in [0.29, 0.717) is 0 Å². The van der Waals surface area contributed by atoms with Crippen molar-refractivity contribution in [3.8, 4) is 11.3 Å². The van der Waals surface area contributed by atoms with E-state index in [1.807, 2.05) is 48.7 Å². The molecule has 0 saturated heterocycles. The van der Waals surface area contributed by atoms with Gasteiger partial charge in [0.05, 0.1) is 11.4 Å². The third-order valence-electron chi connectivity index (χ3n) is 4.68. The number of halogens is 1. The number of thiazole rings is 1. The average molecular weight is 430 g/mol. The lowest BCUT2D eigenvalue weighted by Crippen LogP contribution is -2.24. The predicted octanol–water partition coefficient (Wildman–Crippen LogP) is 4.44. The lowest BCUT2D eigenvalue weighted by molar-refractivity contribution is 0.580. The first kappa shape index (κ1) is 19.8.